The summed E-state index contributed by atoms with van der Waals surface area (Å²) in [5.41, 5.74) is 21.4. The van der Waals surface area contributed by atoms with Crippen molar-refractivity contribution in [3.8, 4) is 0 Å². The number of rotatable bonds is 26. The topological polar surface area (TPSA) is 436 Å². The summed E-state index contributed by atoms with van der Waals surface area (Å²) >= 11 is 0. The van der Waals surface area contributed by atoms with Crippen molar-refractivity contribution in [2.45, 2.75) is 191 Å². The standard InChI is InChI=1S/C52H90N14O12/c1-6-7-8-9-10-11-15-18-41(68)65-42(32(4)67)50(76)62-36(21-26-55)44(70)61-38-23-28-57-51(77)52(5,78)66-49(75)37(22-27-56)60-43(69)34(19-24-53)59-47(73)39(29-31(2)3)63-48(74)40(30-33-16-13-12-14-17-33)64-45(71)35(20-25-54)58-46(38)72/h12-14,16-17,31-32,34-40,42,67,78H,6-11,15,18-30,53-56H2,1-5H3,(H,57,77)(H,58,72)(H,59,73)(H,60,69)(H,61,70)(H,62,76)(H,63,74)(H,64,71)(H,65,68)(H,66,75)/t32-,34+,35+,36+,37+,38+,39+,40-,42+,52+/m1/s1. The second-order valence-electron chi connectivity index (χ2n) is 20.3. The van der Waals surface area contributed by atoms with E-state index in [1.807, 2.05) is 0 Å². The fourth-order valence-electron chi connectivity index (χ4n) is 8.45. The number of nitrogens with one attached hydrogen (secondary N) is 10. The Labute approximate surface area is 457 Å². The Bertz CT molecular complexity index is 2100. The number of hydrogen-bond donors (Lipinski definition) is 16. The first kappa shape index (κ1) is 67.8. The van der Waals surface area contributed by atoms with E-state index in [1.165, 1.54) is 6.92 Å². The number of benzene rings is 1. The van der Waals surface area contributed by atoms with Crippen LogP contribution < -0.4 is 76.1 Å². The van der Waals surface area contributed by atoms with Crippen molar-refractivity contribution in [3.05, 3.63) is 35.9 Å². The summed E-state index contributed by atoms with van der Waals surface area (Å²) in [7, 11) is 0. The molecule has 0 saturated carbocycles. The lowest BCUT2D eigenvalue weighted by Crippen LogP contribution is -2.62. The molecule has 0 spiro atoms. The zero-order valence-electron chi connectivity index (χ0n) is 46.1. The molecule has 1 heterocycles. The molecule has 10 amide bonds. The minimum Gasteiger partial charge on any atom is -0.391 e. The largest absolute Gasteiger partial charge is 0.391 e. The monoisotopic (exact) mass is 1100 g/mol. The van der Waals surface area contributed by atoms with E-state index in [-0.39, 0.29) is 77.0 Å². The Hall–Kier alpha value is -6.32. The van der Waals surface area contributed by atoms with Crippen molar-refractivity contribution in [3.63, 3.8) is 0 Å². The molecule has 26 heteroatoms. The van der Waals surface area contributed by atoms with E-state index in [4.69, 9.17) is 22.9 Å². The summed E-state index contributed by atoms with van der Waals surface area (Å²) in [6, 6.07) is -2.93. The van der Waals surface area contributed by atoms with E-state index < -0.39 is 132 Å². The highest BCUT2D eigenvalue weighted by atomic mass is 16.3. The van der Waals surface area contributed by atoms with Gasteiger partial charge < -0.3 is 86.3 Å². The lowest BCUT2D eigenvalue weighted by Gasteiger charge is -2.29. The van der Waals surface area contributed by atoms with Crippen LogP contribution in [-0.4, -0.2) is 162 Å². The van der Waals surface area contributed by atoms with Crippen LogP contribution in [0.15, 0.2) is 30.3 Å². The fraction of sp³-hybridized carbons (Fsp3) is 0.692. The minimum absolute atomic E-state index is 0.0573. The van der Waals surface area contributed by atoms with E-state index >= 15 is 0 Å². The van der Waals surface area contributed by atoms with Gasteiger partial charge in [-0.3, -0.25) is 47.9 Å². The number of unbranched alkanes of at least 4 members (excludes halogenated alkanes) is 6. The smallest absolute Gasteiger partial charge is 0.272 e. The van der Waals surface area contributed by atoms with Crippen LogP contribution in [0.5, 0.6) is 0 Å². The van der Waals surface area contributed by atoms with E-state index in [0.29, 0.717) is 12.0 Å². The molecule has 1 saturated heterocycles. The molecule has 1 aromatic carbocycles. The highest BCUT2D eigenvalue weighted by Crippen LogP contribution is 2.13. The van der Waals surface area contributed by atoms with E-state index in [1.54, 1.807) is 44.2 Å². The first-order valence-corrected chi connectivity index (χ1v) is 27.3. The lowest BCUT2D eigenvalue weighted by atomic mass is 10.00. The second kappa shape index (κ2) is 36.0. The number of carbonyl (C=O) groups is 10. The number of hydrogen-bond acceptors (Lipinski definition) is 16. The van der Waals surface area contributed by atoms with Crippen LogP contribution in [0.3, 0.4) is 0 Å². The maximum absolute atomic E-state index is 14.4. The van der Waals surface area contributed by atoms with Gasteiger partial charge in [0.05, 0.1) is 6.10 Å². The van der Waals surface area contributed by atoms with Crippen LogP contribution >= 0.6 is 0 Å². The van der Waals surface area contributed by atoms with Gasteiger partial charge in [-0.1, -0.05) is 89.6 Å². The molecule has 26 nitrogen and oxygen atoms in total. The molecular weight excluding hydrogens is 1010 g/mol. The lowest BCUT2D eigenvalue weighted by molar-refractivity contribution is -0.148. The minimum atomic E-state index is -2.67. The van der Waals surface area contributed by atoms with Gasteiger partial charge >= 0.3 is 0 Å². The van der Waals surface area contributed by atoms with Crippen LogP contribution in [0.4, 0.5) is 0 Å². The molecule has 10 atom stereocenters. The summed E-state index contributed by atoms with van der Waals surface area (Å²) < 4.78 is 0. The number of aliphatic hydroxyl groups excluding tert-OH is 1. The molecule has 1 fully saturated rings. The number of amides is 10. The zero-order valence-corrected chi connectivity index (χ0v) is 46.1. The maximum atomic E-state index is 14.4. The van der Waals surface area contributed by atoms with Crippen molar-refractivity contribution >= 4 is 59.1 Å². The van der Waals surface area contributed by atoms with Crippen LogP contribution in [0.25, 0.3) is 0 Å². The van der Waals surface area contributed by atoms with Crippen molar-refractivity contribution < 1.29 is 58.2 Å². The zero-order chi connectivity index (χ0) is 58.4. The molecule has 1 aromatic rings. The average Bonchev–Trinajstić information content (AvgIpc) is 3.38. The highest BCUT2D eigenvalue weighted by Gasteiger charge is 2.38. The van der Waals surface area contributed by atoms with Crippen LogP contribution in [0.1, 0.15) is 130 Å². The first-order valence-electron chi connectivity index (χ1n) is 27.3. The van der Waals surface area contributed by atoms with E-state index in [2.05, 4.69) is 60.1 Å². The highest BCUT2D eigenvalue weighted by molar-refractivity contribution is 5.99. The summed E-state index contributed by atoms with van der Waals surface area (Å²) in [5, 5.41) is 47.0. The number of aliphatic hydroxyl groups is 2. The summed E-state index contributed by atoms with van der Waals surface area (Å²) in [5.74, 6) is -9.23. The van der Waals surface area contributed by atoms with Crippen LogP contribution in [0, 0.1) is 5.92 Å². The molecule has 0 radical (unpaired) electrons. The predicted molar refractivity (Wildman–Crippen MR) is 290 cm³/mol. The maximum Gasteiger partial charge on any atom is 0.272 e. The quantitative estimate of drug-likeness (QED) is 0.0399. The SMILES string of the molecule is CCCCCCCCCC(=O)N[C@H](C(=O)N[C@@H](CCN)C(=O)N[C@H]1CCNC(=O)[C@](C)(O)NC(=O)[C@H](CCN)NC(=O)[C@H](CCN)NC(=O)[C@H](CC(C)C)NC(=O)[C@@H](Cc2ccccc2)NC(=O)[C@H](CCN)NC1=O)[C@@H](C)O. The molecule has 78 heavy (non-hydrogen) atoms. The van der Waals surface area contributed by atoms with Crippen LogP contribution in [0.2, 0.25) is 0 Å². The first-order chi connectivity index (χ1) is 37.0. The summed E-state index contributed by atoms with van der Waals surface area (Å²) in [4.78, 5) is 139. The number of nitrogens with two attached hydrogens (primary N) is 4. The molecule has 1 aliphatic heterocycles. The average molecular weight is 1100 g/mol. The molecule has 1 aliphatic rings. The molecule has 0 aromatic heterocycles. The van der Waals surface area contributed by atoms with E-state index in [9.17, 15) is 58.2 Å². The normalized spacial score (nSPS) is 23.7. The predicted octanol–water partition coefficient (Wildman–Crippen LogP) is -3.59. The van der Waals surface area contributed by atoms with Crippen molar-refractivity contribution in [2.75, 3.05) is 32.7 Å². The van der Waals surface area contributed by atoms with Gasteiger partial charge in [0.2, 0.25) is 58.9 Å². The number of carbonyl (C=O) groups excluding carboxylic acids is 10. The Kier molecular flexibility index (Phi) is 31.3. The third-order valence-electron chi connectivity index (χ3n) is 12.9. The molecule has 2 rings (SSSR count). The molecule has 20 N–H and O–H groups in total. The Morgan fingerprint density at radius 1 is 0.654 bits per heavy atom. The summed E-state index contributed by atoms with van der Waals surface area (Å²) in [6.07, 6.45) is 4.13. The van der Waals surface area contributed by atoms with Gasteiger partial charge in [0.25, 0.3) is 5.91 Å². The second-order valence-corrected chi connectivity index (χ2v) is 20.3. The van der Waals surface area contributed by atoms with Gasteiger partial charge in [-0.2, -0.15) is 0 Å². The van der Waals surface area contributed by atoms with Crippen molar-refractivity contribution in [2.24, 2.45) is 28.9 Å². The van der Waals surface area contributed by atoms with Crippen molar-refractivity contribution in [1.82, 2.24) is 53.2 Å². The summed E-state index contributed by atoms with van der Waals surface area (Å²) in [6.45, 7) is 6.84. The van der Waals surface area contributed by atoms with Crippen molar-refractivity contribution in [1.29, 1.82) is 0 Å². The third-order valence-corrected chi connectivity index (χ3v) is 12.9. The van der Waals surface area contributed by atoms with Gasteiger partial charge in [-0.25, -0.2) is 0 Å². The molecule has 0 aliphatic carbocycles. The van der Waals surface area contributed by atoms with E-state index in [0.717, 1.165) is 45.4 Å². The van der Waals surface area contributed by atoms with Gasteiger partial charge in [0, 0.05) is 19.4 Å². The Balaban J connectivity index is 2.63. The van der Waals surface area contributed by atoms with Gasteiger partial charge in [-0.15, -0.1) is 0 Å². The molecule has 440 valence electrons. The van der Waals surface area contributed by atoms with Gasteiger partial charge in [0.1, 0.15) is 48.3 Å². The van der Waals surface area contributed by atoms with Gasteiger partial charge in [0.15, 0.2) is 0 Å². The molecule has 0 unspecified atom stereocenters. The van der Waals surface area contributed by atoms with Crippen LogP contribution in [-0.2, 0) is 54.4 Å². The fourth-order valence-corrected chi connectivity index (χ4v) is 8.45. The third kappa shape index (κ3) is 24.6. The molecule has 0 bridgehead atoms. The molecular formula is C52H90N14O12. The Morgan fingerprint density at radius 2 is 1.15 bits per heavy atom. The Morgan fingerprint density at radius 3 is 1.69 bits per heavy atom. The van der Waals surface area contributed by atoms with Gasteiger partial charge in [-0.05, 0) is 96.5 Å².